The van der Waals surface area contributed by atoms with Crippen LogP contribution in [-0.4, -0.2) is 29.8 Å². The van der Waals surface area contributed by atoms with Crippen LogP contribution in [0.3, 0.4) is 0 Å². The summed E-state index contributed by atoms with van der Waals surface area (Å²) in [5.41, 5.74) is -0.451. The normalized spacial score (nSPS) is 18.6. The fourth-order valence-corrected chi connectivity index (χ4v) is 2.90. The summed E-state index contributed by atoms with van der Waals surface area (Å²) in [5, 5.41) is 4.07. The topological polar surface area (TPSA) is 74.5 Å². The molecule has 1 aliphatic carbocycles. The highest BCUT2D eigenvalue weighted by molar-refractivity contribution is 5.76. The highest BCUT2D eigenvalue weighted by atomic mass is 16.5. The van der Waals surface area contributed by atoms with Crippen LogP contribution in [0.4, 0.5) is 0 Å². The second-order valence-corrected chi connectivity index (χ2v) is 5.46. The smallest absolute Gasteiger partial charge is 0.318 e. The molecule has 1 saturated carbocycles. The first-order valence-electron chi connectivity index (χ1n) is 7.72. The maximum Gasteiger partial charge on any atom is 0.318 e. The Hall–Kier alpha value is -1.43. The molecule has 21 heavy (non-hydrogen) atoms. The number of carbonyl (C=O) groups excluding carboxylic acids is 1. The number of nitrogens with zero attached hydrogens (tertiary/aromatic N) is 2. The average molecular weight is 296 g/mol. The van der Waals surface area contributed by atoms with Crippen molar-refractivity contribution in [3.63, 3.8) is 0 Å². The second kappa shape index (κ2) is 7.02. The molecule has 118 valence electrons. The van der Waals surface area contributed by atoms with Gasteiger partial charge < -0.3 is 14.0 Å². The van der Waals surface area contributed by atoms with Crippen LogP contribution in [0.2, 0.25) is 0 Å². The molecule has 1 aromatic rings. The number of rotatable bonds is 7. The van der Waals surface area contributed by atoms with E-state index in [9.17, 15) is 4.79 Å². The molecular weight excluding hydrogens is 272 g/mol. The Balaban J connectivity index is 2.21. The van der Waals surface area contributed by atoms with E-state index in [1.165, 1.54) is 0 Å². The summed E-state index contributed by atoms with van der Waals surface area (Å²) in [6.07, 6.45) is 5.44. The van der Waals surface area contributed by atoms with Gasteiger partial charge in [-0.25, -0.2) is 0 Å². The Bertz CT molecular complexity index is 466. The van der Waals surface area contributed by atoms with Crippen molar-refractivity contribution in [1.82, 2.24) is 10.1 Å². The summed E-state index contributed by atoms with van der Waals surface area (Å²) in [5.74, 6) is 0.121. The van der Waals surface area contributed by atoms with Crippen LogP contribution in [0.1, 0.15) is 70.0 Å². The van der Waals surface area contributed by atoms with E-state index < -0.39 is 11.5 Å². The lowest BCUT2D eigenvalue weighted by molar-refractivity contribution is -0.145. The molecule has 0 amide bonds. The van der Waals surface area contributed by atoms with Gasteiger partial charge in [0.25, 0.3) is 0 Å². The Morgan fingerprint density at radius 3 is 2.67 bits per heavy atom. The van der Waals surface area contributed by atoms with Crippen LogP contribution < -0.4 is 0 Å². The van der Waals surface area contributed by atoms with E-state index in [0.29, 0.717) is 24.7 Å². The second-order valence-electron chi connectivity index (χ2n) is 5.46. The number of hydrogen-bond acceptors (Lipinski definition) is 6. The summed E-state index contributed by atoms with van der Waals surface area (Å²) in [4.78, 5) is 16.5. The van der Waals surface area contributed by atoms with Crippen molar-refractivity contribution in [3.8, 4) is 0 Å². The summed E-state index contributed by atoms with van der Waals surface area (Å²) in [6, 6.07) is 0. The van der Waals surface area contributed by atoms with Gasteiger partial charge in [0.05, 0.1) is 6.61 Å². The Morgan fingerprint density at radius 1 is 1.38 bits per heavy atom. The minimum atomic E-state index is -0.480. The van der Waals surface area contributed by atoms with Gasteiger partial charge in [0.1, 0.15) is 11.5 Å². The van der Waals surface area contributed by atoms with Gasteiger partial charge >= 0.3 is 5.97 Å². The molecule has 0 aromatic carbocycles. The SMILES string of the molecule is CCCC(C(=O)OCC)c1nc(C2(OC)CCCC2)no1. The summed E-state index contributed by atoms with van der Waals surface area (Å²) < 4.78 is 16.1. The Labute approximate surface area is 125 Å². The van der Waals surface area contributed by atoms with Crippen molar-refractivity contribution in [2.45, 2.75) is 63.9 Å². The number of esters is 1. The molecule has 0 saturated heterocycles. The minimum absolute atomic E-state index is 0.299. The molecule has 1 aliphatic rings. The van der Waals surface area contributed by atoms with Crippen LogP contribution in [0, 0.1) is 0 Å². The molecule has 1 aromatic heterocycles. The molecule has 0 bridgehead atoms. The predicted molar refractivity (Wildman–Crippen MR) is 75.7 cm³/mol. The maximum absolute atomic E-state index is 12.0. The van der Waals surface area contributed by atoms with E-state index >= 15 is 0 Å². The lowest BCUT2D eigenvalue weighted by atomic mass is 10.0. The van der Waals surface area contributed by atoms with E-state index in [1.807, 2.05) is 6.92 Å². The lowest BCUT2D eigenvalue weighted by Crippen LogP contribution is -2.26. The van der Waals surface area contributed by atoms with Crippen molar-refractivity contribution >= 4 is 5.97 Å². The number of ether oxygens (including phenoxy) is 2. The van der Waals surface area contributed by atoms with Gasteiger partial charge in [0.2, 0.25) is 11.7 Å². The van der Waals surface area contributed by atoms with Crippen molar-refractivity contribution in [1.29, 1.82) is 0 Å². The zero-order valence-electron chi connectivity index (χ0n) is 13.1. The number of hydrogen-bond donors (Lipinski definition) is 0. The van der Waals surface area contributed by atoms with E-state index in [-0.39, 0.29) is 5.97 Å². The quantitative estimate of drug-likeness (QED) is 0.720. The van der Waals surface area contributed by atoms with Crippen LogP contribution >= 0.6 is 0 Å². The van der Waals surface area contributed by atoms with Gasteiger partial charge in [-0.15, -0.1) is 0 Å². The standard InChI is InChI=1S/C15H24N2O4/c1-4-8-11(13(18)20-5-2)12-16-14(17-21-12)15(19-3)9-6-7-10-15/h11H,4-10H2,1-3H3. The zero-order chi connectivity index (χ0) is 15.3. The van der Waals surface area contributed by atoms with Crippen molar-refractivity contribution in [2.75, 3.05) is 13.7 Å². The molecule has 2 rings (SSSR count). The molecule has 1 unspecified atom stereocenters. The lowest BCUT2D eigenvalue weighted by Gasteiger charge is -2.22. The molecule has 1 fully saturated rings. The molecule has 0 radical (unpaired) electrons. The first-order chi connectivity index (χ1) is 10.2. The third-order valence-corrected chi connectivity index (χ3v) is 4.10. The van der Waals surface area contributed by atoms with Gasteiger partial charge in [0.15, 0.2) is 0 Å². The van der Waals surface area contributed by atoms with Crippen LogP contribution in [-0.2, 0) is 19.9 Å². The van der Waals surface area contributed by atoms with E-state index in [4.69, 9.17) is 14.0 Å². The third-order valence-electron chi connectivity index (χ3n) is 4.10. The fraction of sp³-hybridized carbons (Fsp3) is 0.800. The summed E-state index contributed by atoms with van der Waals surface area (Å²) >= 11 is 0. The number of aromatic nitrogens is 2. The Kier molecular flexibility index (Phi) is 5.33. The number of carbonyl (C=O) groups is 1. The highest BCUT2D eigenvalue weighted by Crippen LogP contribution is 2.40. The van der Waals surface area contributed by atoms with E-state index in [0.717, 1.165) is 32.1 Å². The first-order valence-corrected chi connectivity index (χ1v) is 7.72. The molecule has 1 heterocycles. The van der Waals surface area contributed by atoms with Gasteiger partial charge in [-0.2, -0.15) is 4.98 Å². The maximum atomic E-state index is 12.0. The predicted octanol–water partition coefficient (Wildman–Crippen LogP) is 2.93. The first kappa shape index (κ1) is 15.9. The van der Waals surface area contributed by atoms with Crippen molar-refractivity contribution < 1.29 is 18.8 Å². The van der Waals surface area contributed by atoms with Crippen molar-refractivity contribution in [2.24, 2.45) is 0 Å². The highest BCUT2D eigenvalue weighted by Gasteiger charge is 2.41. The van der Waals surface area contributed by atoms with Gasteiger partial charge in [-0.05, 0) is 39.0 Å². The van der Waals surface area contributed by atoms with Crippen LogP contribution in [0.15, 0.2) is 4.52 Å². The molecule has 6 heteroatoms. The fourth-order valence-electron chi connectivity index (χ4n) is 2.90. The third kappa shape index (κ3) is 3.26. The molecule has 1 atom stereocenters. The average Bonchev–Trinajstić information content (AvgIpc) is 3.14. The summed E-state index contributed by atoms with van der Waals surface area (Å²) in [7, 11) is 1.68. The molecule has 6 nitrogen and oxygen atoms in total. The van der Waals surface area contributed by atoms with Crippen LogP contribution in [0.5, 0.6) is 0 Å². The molecule has 0 spiro atoms. The molecule has 0 N–H and O–H groups in total. The van der Waals surface area contributed by atoms with Crippen molar-refractivity contribution in [3.05, 3.63) is 11.7 Å². The van der Waals surface area contributed by atoms with Crippen LogP contribution in [0.25, 0.3) is 0 Å². The molecule has 0 aliphatic heterocycles. The van der Waals surface area contributed by atoms with Gasteiger partial charge in [0, 0.05) is 7.11 Å². The van der Waals surface area contributed by atoms with E-state index in [2.05, 4.69) is 10.1 Å². The van der Waals surface area contributed by atoms with Gasteiger partial charge in [-0.1, -0.05) is 18.5 Å². The summed E-state index contributed by atoms with van der Waals surface area (Å²) in [6.45, 7) is 4.15. The largest absolute Gasteiger partial charge is 0.465 e. The number of methoxy groups -OCH3 is 1. The zero-order valence-corrected chi connectivity index (χ0v) is 13.1. The minimum Gasteiger partial charge on any atom is -0.465 e. The monoisotopic (exact) mass is 296 g/mol. The Morgan fingerprint density at radius 2 is 2.10 bits per heavy atom. The molecular formula is C15H24N2O4. The van der Waals surface area contributed by atoms with Gasteiger partial charge in [-0.3, -0.25) is 4.79 Å². The van der Waals surface area contributed by atoms with E-state index in [1.54, 1.807) is 14.0 Å².